The van der Waals surface area contributed by atoms with E-state index in [2.05, 4.69) is 25.4 Å². The molecule has 0 saturated heterocycles. The molecule has 0 amide bonds. The molecule has 1 heterocycles. The molecule has 1 saturated carbocycles. The zero-order valence-electron chi connectivity index (χ0n) is 22.6. The minimum absolute atomic E-state index is 0.00125. The van der Waals surface area contributed by atoms with Gasteiger partial charge in [0.2, 0.25) is 0 Å². The summed E-state index contributed by atoms with van der Waals surface area (Å²) >= 11 is 5.89. The maximum atomic E-state index is 13.6. The van der Waals surface area contributed by atoms with Crippen LogP contribution in [0.15, 0.2) is 67.2 Å². The number of benzene rings is 2. The van der Waals surface area contributed by atoms with E-state index >= 15 is 0 Å². The number of alkyl halides is 3. The summed E-state index contributed by atoms with van der Waals surface area (Å²) in [5.74, 6) is -0.610. The molecule has 2 nitrogen and oxygen atoms in total. The van der Waals surface area contributed by atoms with Crippen LogP contribution in [0.25, 0.3) is 16.8 Å². The van der Waals surface area contributed by atoms with E-state index in [1.807, 2.05) is 51.1 Å². The average Bonchev–Trinajstić information content (AvgIpc) is 2.88. The van der Waals surface area contributed by atoms with E-state index in [-0.39, 0.29) is 27.9 Å². The van der Waals surface area contributed by atoms with E-state index in [1.54, 1.807) is 6.07 Å². The molecule has 0 bridgehead atoms. The van der Waals surface area contributed by atoms with Gasteiger partial charge in [-0.1, -0.05) is 89.6 Å². The van der Waals surface area contributed by atoms with Crippen molar-refractivity contribution in [2.24, 2.45) is 0 Å². The lowest BCUT2D eigenvalue weighted by molar-refractivity contribution is -0.0689. The lowest BCUT2D eigenvalue weighted by atomic mass is 9.64. The Morgan fingerprint density at radius 1 is 1.05 bits per heavy atom. The molecule has 1 fully saturated rings. The molecule has 0 atom stereocenters. The predicted molar refractivity (Wildman–Crippen MR) is 149 cm³/mol. The lowest BCUT2D eigenvalue weighted by Crippen LogP contribution is -2.43. The maximum Gasteiger partial charge on any atom is 0.417 e. The minimum Gasteiger partial charge on any atom is -0.373 e. The Morgan fingerprint density at radius 3 is 2.21 bits per heavy atom. The van der Waals surface area contributed by atoms with Crippen molar-refractivity contribution in [1.82, 2.24) is 4.98 Å². The second kappa shape index (κ2) is 13.9. The van der Waals surface area contributed by atoms with Gasteiger partial charge < -0.3 is 4.74 Å². The second-order valence-corrected chi connectivity index (χ2v) is 9.73. The summed E-state index contributed by atoms with van der Waals surface area (Å²) in [5, 5.41) is -0.125. The van der Waals surface area contributed by atoms with Crippen LogP contribution >= 0.6 is 11.6 Å². The fourth-order valence-corrected chi connectivity index (χ4v) is 4.25. The number of nitrogens with zero attached hydrogens (tertiary/aromatic N) is 1. The van der Waals surface area contributed by atoms with Gasteiger partial charge in [0, 0.05) is 5.56 Å². The summed E-state index contributed by atoms with van der Waals surface area (Å²) < 4.78 is 59.8. The zero-order valence-corrected chi connectivity index (χ0v) is 23.4. The summed E-state index contributed by atoms with van der Waals surface area (Å²) in [6.07, 6.45) is -2.05. The van der Waals surface area contributed by atoms with Gasteiger partial charge in [0.1, 0.15) is 5.82 Å². The van der Waals surface area contributed by atoms with Crippen molar-refractivity contribution in [2.45, 2.75) is 78.2 Å². The molecule has 1 aliphatic carbocycles. The van der Waals surface area contributed by atoms with Gasteiger partial charge in [-0.25, -0.2) is 9.37 Å². The van der Waals surface area contributed by atoms with E-state index in [4.69, 9.17) is 16.3 Å². The van der Waals surface area contributed by atoms with Crippen LogP contribution in [0, 0.1) is 5.82 Å². The van der Waals surface area contributed by atoms with Gasteiger partial charge in [0.05, 0.1) is 34.7 Å². The number of ether oxygens (including phenoxy) is 1. The summed E-state index contributed by atoms with van der Waals surface area (Å²) in [6.45, 7) is 13.9. The topological polar surface area (TPSA) is 22.1 Å². The van der Waals surface area contributed by atoms with Crippen molar-refractivity contribution in [1.29, 1.82) is 0 Å². The quantitative estimate of drug-likeness (QED) is 0.285. The van der Waals surface area contributed by atoms with Gasteiger partial charge in [0.25, 0.3) is 0 Å². The largest absolute Gasteiger partial charge is 0.417 e. The van der Waals surface area contributed by atoms with Crippen molar-refractivity contribution < 1.29 is 22.3 Å². The molecular formula is C31H36ClF4NO. The number of allylic oxidation sites excluding steroid dienone is 1. The maximum absolute atomic E-state index is 13.6. The van der Waals surface area contributed by atoms with Crippen LogP contribution < -0.4 is 0 Å². The number of rotatable bonds is 6. The fourth-order valence-electron chi connectivity index (χ4n) is 4.07. The first kappa shape index (κ1) is 31.5. The van der Waals surface area contributed by atoms with Gasteiger partial charge in [-0.3, -0.25) is 0 Å². The third-order valence-electron chi connectivity index (χ3n) is 6.07. The molecule has 0 spiro atoms. The Hall–Kier alpha value is -2.70. The SMILES string of the molecule is C=C(c1cc(C2(C)CC(OCc3ccccc3)C2)cc(-c2ccc(F)c(Cl)c2)n1)C(F)(F)F.CC.CCC. The third kappa shape index (κ3) is 8.15. The molecule has 0 radical (unpaired) electrons. The van der Waals surface area contributed by atoms with E-state index in [9.17, 15) is 17.6 Å². The molecule has 2 aromatic carbocycles. The Morgan fingerprint density at radius 2 is 1.66 bits per heavy atom. The molecule has 0 unspecified atom stereocenters. The second-order valence-electron chi connectivity index (χ2n) is 9.33. The summed E-state index contributed by atoms with van der Waals surface area (Å²) in [4.78, 5) is 4.18. The number of pyridine rings is 1. The van der Waals surface area contributed by atoms with Gasteiger partial charge in [0.15, 0.2) is 0 Å². The standard InChI is InChI=1S/C26H22ClF4NO.C3H8.C2H6/c1-16(26(29,30)31)23-11-19(12-24(32-23)18-8-9-22(28)21(27)10-18)25(2)13-20(14-25)33-15-17-6-4-3-5-7-17;1-3-2;1-2/h3-12,20H,1,13-15H2,2H3;3H2,1-2H3;1-2H3. The molecule has 7 heteroatoms. The van der Waals surface area contributed by atoms with Crippen LogP contribution in [0.3, 0.4) is 0 Å². The predicted octanol–water partition coefficient (Wildman–Crippen LogP) is 10.2. The Balaban J connectivity index is 0.000000947. The van der Waals surface area contributed by atoms with E-state index < -0.39 is 17.6 Å². The van der Waals surface area contributed by atoms with Gasteiger partial charge in [-0.05, 0) is 59.7 Å². The normalized spacial score (nSPS) is 18.3. The van der Waals surface area contributed by atoms with Crippen LogP contribution in [0.1, 0.15) is 70.7 Å². The average molecular weight is 550 g/mol. The summed E-state index contributed by atoms with van der Waals surface area (Å²) in [7, 11) is 0. The molecule has 0 aliphatic heterocycles. The van der Waals surface area contributed by atoms with Gasteiger partial charge in [-0.2, -0.15) is 13.2 Å². The molecular weight excluding hydrogens is 514 g/mol. The zero-order chi connectivity index (χ0) is 28.5. The number of hydrogen-bond acceptors (Lipinski definition) is 2. The van der Waals surface area contributed by atoms with Crippen LogP contribution in [0.4, 0.5) is 17.6 Å². The highest BCUT2D eigenvalue weighted by Crippen LogP contribution is 2.47. The highest BCUT2D eigenvalue weighted by molar-refractivity contribution is 6.31. The van der Waals surface area contributed by atoms with Crippen LogP contribution in [0.5, 0.6) is 0 Å². The fraction of sp³-hybridized carbons (Fsp3) is 0.387. The summed E-state index contributed by atoms with van der Waals surface area (Å²) in [5.41, 5.74) is 0.804. The van der Waals surface area contributed by atoms with E-state index in [1.165, 1.54) is 30.7 Å². The highest BCUT2D eigenvalue weighted by Gasteiger charge is 2.43. The molecule has 1 aliphatic rings. The van der Waals surface area contributed by atoms with Crippen molar-refractivity contribution in [3.05, 3.63) is 94.9 Å². The van der Waals surface area contributed by atoms with Crippen molar-refractivity contribution in [3.63, 3.8) is 0 Å². The van der Waals surface area contributed by atoms with Crippen molar-refractivity contribution in [3.8, 4) is 11.3 Å². The van der Waals surface area contributed by atoms with Crippen molar-refractivity contribution in [2.75, 3.05) is 0 Å². The number of halogens is 5. The van der Waals surface area contributed by atoms with Gasteiger partial charge >= 0.3 is 6.18 Å². The molecule has 38 heavy (non-hydrogen) atoms. The molecule has 4 rings (SSSR count). The van der Waals surface area contributed by atoms with Crippen LogP contribution in [-0.4, -0.2) is 17.3 Å². The van der Waals surface area contributed by atoms with E-state index in [0.29, 0.717) is 30.6 Å². The van der Waals surface area contributed by atoms with Crippen LogP contribution in [0.2, 0.25) is 5.02 Å². The minimum atomic E-state index is -4.62. The first-order valence-electron chi connectivity index (χ1n) is 12.9. The van der Waals surface area contributed by atoms with Gasteiger partial charge in [-0.15, -0.1) is 0 Å². The summed E-state index contributed by atoms with van der Waals surface area (Å²) in [6, 6.07) is 16.9. The Labute approximate surface area is 228 Å². The smallest absolute Gasteiger partial charge is 0.373 e. The first-order valence-corrected chi connectivity index (χ1v) is 13.2. The highest BCUT2D eigenvalue weighted by atomic mass is 35.5. The molecule has 3 aromatic rings. The third-order valence-corrected chi connectivity index (χ3v) is 6.36. The van der Waals surface area contributed by atoms with Crippen LogP contribution in [-0.2, 0) is 16.8 Å². The van der Waals surface area contributed by atoms with E-state index in [0.717, 1.165) is 5.56 Å². The Kier molecular flexibility index (Phi) is 11.5. The number of aromatic nitrogens is 1. The monoisotopic (exact) mass is 549 g/mol. The molecule has 206 valence electrons. The van der Waals surface area contributed by atoms with Crippen molar-refractivity contribution >= 4 is 17.2 Å². The molecule has 1 aromatic heterocycles. The number of hydrogen-bond donors (Lipinski definition) is 0. The first-order chi connectivity index (χ1) is 18.0. The molecule has 0 N–H and O–H groups in total. The lowest BCUT2D eigenvalue weighted by Gasteiger charge is -2.45. The Bertz CT molecular complexity index is 1190.